The topological polar surface area (TPSA) is 77.0 Å². The molecule has 0 amide bonds. The molecule has 0 spiro atoms. The lowest BCUT2D eigenvalue weighted by Gasteiger charge is -2.27. The molecule has 0 saturated heterocycles. The number of ether oxygens (including phenoxy) is 3. The molecule has 7 heteroatoms. The van der Waals surface area contributed by atoms with Gasteiger partial charge in [0.1, 0.15) is 12.7 Å². The van der Waals surface area contributed by atoms with E-state index in [1.807, 2.05) is 42.5 Å². The van der Waals surface area contributed by atoms with Crippen LogP contribution in [0.4, 0.5) is 0 Å². The standard InChI is InChI=1S/C18H22N4O3/c1-19-18(20-10-13-6-5-9-17(22-13)23-2)21-11-14-12-24-15-7-3-4-8-16(15)25-14/h3-9,14H,10-12H2,1-2H3,(H2,19,20,21). The van der Waals surface area contributed by atoms with Crippen LogP contribution in [-0.4, -0.2) is 44.4 Å². The van der Waals surface area contributed by atoms with Crippen LogP contribution in [0.15, 0.2) is 47.5 Å². The van der Waals surface area contributed by atoms with Gasteiger partial charge in [-0.25, -0.2) is 4.98 Å². The summed E-state index contributed by atoms with van der Waals surface area (Å²) in [5.41, 5.74) is 0.869. The Labute approximate surface area is 147 Å². The van der Waals surface area contributed by atoms with Gasteiger partial charge in [0, 0.05) is 13.1 Å². The van der Waals surface area contributed by atoms with E-state index in [0.717, 1.165) is 17.2 Å². The number of nitrogens with one attached hydrogen (secondary N) is 2. The van der Waals surface area contributed by atoms with E-state index in [1.165, 1.54) is 0 Å². The van der Waals surface area contributed by atoms with Crippen molar-refractivity contribution in [1.29, 1.82) is 0 Å². The van der Waals surface area contributed by atoms with Crippen molar-refractivity contribution < 1.29 is 14.2 Å². The highest BCUT2D eigenvalue weighted by atomic mass is 16.6. The molecular formula is C18H22N4O3. The molecule has 2 heterocycles. The first-order valence-corrected chi connectivity index (χ1v) is 8.11. The van der Waals surface area contributed by atoms with Crippen LogP contribution < -0.4 is 24.8 Å². The number of rotatable bonds is 5. The molecule has 0 bridgehead atoms. The fourth-order valence-electron chi connectivity index (χ4n) is 2.44. The summed E-state index contributed by atoms with van der Waals surface area (Å²) in [5.74, 6) is 2.81. The summed E-state index contributed by atoms with van der Waals surface area (Å²) in [7, 11) is 3.33. The molecule has 132 valence electrons. The number of hydrogen-bond acceptors (Lipinski definition) is 5. The zero-order valence-electron chi connectivity index (χ0n) is 14.4. The number of aromatic nitrogens is 1. The fraction of sp³-hybridized carbons (Fsp3) is 0.333. The highest BCUT2D eigenvalue weighted by Crippen LogP contribution is 2.30. The van der Waals surface area contributed by atoms with Gasteiger partial charge < -0.3 is 24.8 Å². The third kappa shape index (κ3) is 4.53. The second-order valence-corrected chi connectivity index (χ2v) is 5.48. The van der Waals surface area contributed by atoms with Gasteiger partial charge in [-0.05, 0) is 18.2 Å². The van der Waals surface area contributed by atoms with Gasteiger partial charge in [0.25, 0.3) is 0 Å². The number of methoxy groups -OCH3 is 1. The second-order valence-electron chi connectivity index (χ2n) is 5.48. The van der Waals surface area contributed by atoms with Crippen LogP contribution in [0.1, 0.15) is 5.69 Å². The number of hydrogen-bond donors (Lipinski definition) is 2. The molecule has 7 nitrogen and oxygen atoms in total. The Kier molecular flexibility index (Phi) is 5.56. The Morgan fingerprint density at radius 2 is 2.04 bits per heavy atom. The minimum Gasteiger partial charge on any atom is -0.486 e. The molecule has 2 N–H and O–H groups in total. The van der Waals surface area contributed by atoms with E-state index in [1.54, 1.807) is 14.2 Å². The van der Waals surface area contributed by atoms with Crippen LogP contribution in [0.5, 0.6) is 17.4 Å². The van der Waals surface area contributed by atoms with Gasteiger partial charge in [-0.3, -0.25) is 4.99 Å². The zero-order valence-corrected chi connectivity index (χ0v) is 14.4. The van der Waals surface area contributed by atoms with Crippen LogP contribution in [0.3, 0.4) is 0 Å². The van der Waals surface area contributed by atoms with E-state index in [2.05, 4.69) is 20.6 Å². The normalized spacial score (nSPS) is 16.2. The molecule has 1 aliphatic heterocycles. The monoisotopic (exact) mass is 342 g/mol. The highest BCUT2D eigenvalue weighted by Gasteiger charge is 2.20. The Bertz CT molecular complexity index is 736. The quantitative estimate of drug-likeness (QED) is 0.635. The summed E-state index contributed by atoms with van der Waals surface area (Å²) in [6.45, 7) is 1.62. The summed E-state index contributed by atoms with van der Waals surface area (Å²) < 4.78 is 16.8. The van der Waals surface area contributed by atoms with Gasteiger partial charge in [-0.1, -0.05) is 18.2 Å². The minimum atomic E-state index is -0.0802. The lowest BCUT2D eigenvalue weighted by molar-refractivity contribution is 0.0936. The maximum absolute atomic E-state index is 5.92. The fourth-order valence-corrected chi connectivity index (χ4v) is 2.44. The molecule has 2 aromatic rings. The van der Waals surface area contributed by atoms with E-state index in [4.69, 9.17) is 14.2 Å². The molecule has 1 aromatic heterocycles. The van der Waals surface area contributed by atoms with Crippen molar-refractivity contribution in [1.82, 2.24) is 15.6 Å². The van der Waals surface area contributed by atoms with Crippen molar-refractivity contribution in [3.05, 3.63) is 48.2 Å². The number of fused-ring (bicyclic) bond motifs is 1. The SMILES string of the molecule is CN=C(NCc1cccc(OC)n1)NCC1COc2ccccc2O1. The number of para-hydroxylation sites is 2. The van der Waals surface area contributed by atoms with E-state index < -0.39 is 0 Å². The number of guanidine groups is 1. The third-order valence-electron chi connectivity index (χ3n) is 3.72. The largest absolute Gasteiger partial charge is 0.486 e. The lowest BCUT2D eigenvalue weighted by atomic mass is 10.2. The van der Waals surface area contributed by atoms with Gasteiger partial charge in [-0.2, -0.15) is 0 Å². The molecule has 1 aliphatic rings. The van der Waals surface area contributed by atoms with Crippen molar-refractivity contribution in [3.63, 3.8) is 0 Å². The van der Waals surface area contributed by atoms with Gasteiger partial charge in [0.15, 0.2) is 17.5 Å². The lowest BCUT2D eigenvalue weighted by Crippen LogP contribution is -2.45. The summed E-state index contributed by atoms with van der Waals surface area (Å²) in [6.07, 6.45) is -0.0802. The molecule has 0 aliphatic carbocycles. The van der Waals surface area contributed by atoms with Crippen molar-refractivity contribution in [2.24, 2.45) is 4.99 Å². The number of nitrogens with zero attached hydrogens (tertiary/aromatic N) is 2. The molecule has 0 radical (unpaired) electrons. The van der Waals surface area contributed by atoms with Crippen molar-refractivity contribution in [3.8, 4) is 17.4 Å². The van der Waals surface area contributed by atoms with E-state index >= 15 is 0 Å². The first kappa shape index (κ1) is 16.9. The Hall–Kier alpha value is -2.96. The number of pyridine rings is 1. The summed E-state index contributed by atoms with van der Waals surface area (Å²) in [5, 5.41) is 6.46. The van der Waals surface area contributed by atoms with Gasteiger partial charge in [0.05, 0.1) is 25.9 Å². The minimum absolute atomic E-state index is 0.0802. The molecule has 0 fully saturated rings. The van der Waals surface area contributed by atoms with Crippen molar-refractivity contribution in [2.75, 3.05) is 27.3 Å². The second kappa shape index (κ2) is 8.23. The van der Waals surface area contributed by atoms with Gasteiger partial charge in [-0.15, -0.1) is 0 Å². The molecule has 1 aromatic carbocycles. The van der Waals surface area contributed by atoms with Crippen molar-refractivity contribution >= 4 is 5.96 Å². The molecule has 3 rings (SSSR count). The Morgan fingerprint density at radius 1 is 1.20 bits per heavy atom. The van der Waals surface area contributed by atoms with Gasteiger partial charge in [0.2, 0.25) is 5.88 Å². The van der Waals surface area contributed by atoms with Crippen LogP contribution >= 0.6 is 0 Å². The summed E-state index contributed by atoms with van der Waals surface area (Å²) >= 11 is 0. The Morgan fingerprint density at radius 3 is 2.84 bits per heavy atom. The first-order valence-electron chi connectivity index (χ1n) is 8.11. The molecule has 25 heavy (non-hydrogen) atoms. The molecular weight excluding hydrogens is 320 g/mol. The number of benzene rings is 1. The van der Waals surface area contributed by atoms with E-state index in [9.17, 15) is 0 Å². The van der Waals surface area contributed by atoms with Crippen molar-refractivity contribution in [2.45, 2.75) is 12.6 Å². The molecule has 1 unspecified atom stereocenters. The highest BCUT2D eigenvalue weighted by molar-refractivity contribution is 5.79. The smallest absolute Gasteiger partial charge is 0.213 e. The molecule has 1 atom stereocenters. The molecule has 0 saturated carbocycles. The maximum Gasteiger partial charge on any atom is 0.213 e. The first-order chi connectivity index (χ1) is 12.3. The van der Waals surface area contributed by atoms with E-state index in [0.29, 0.717) is 31.5 Å². The average Bonchev–Trinajstić information content (AvgIpc) is 2.68. The zero-order chi connectivity index (χ0) is 17.5. The van der Waals surface area contributed by atoms with E-state index in [-0.39, 0.29) is 6.10 Å². The predicted molar refractivity (Wildman–Crippen MR) is 95.3 cm³/mol. The number of aliphatic imine (C=N–C) groups is 1. The third-order valence-corrected chi connectivity index (χ3v) is 3.72. The summed E-state index contributed by atoms with van der Waals surface area (Å²) in [4.78, 5) is 8.57. The Balaban J connectivity index is 1.48. The van der Waals surface area contributed by atoms with Crippen LogP contribution in [-0.2, 0) is 6.54 Å². The van der Waals surface area contributed by atoms with Crippen LogP contribution in [0, 0.1) is 0 Å². The average molecular weight is 342 g/mol. The van der Waals surface area contributed by atoms with Crippen LogP contribution in [0.25, 0.3) is 0 Å². The van der Waals surface area contributed by atoms with Gasteiger partial charge >= 0.3 is 0 Å². The predicted octanol–water partition coefficient (Wildman–Crippen LogP) is 1.60. The summed E-state index contributed by atoms with van der Waals surface area (Å²) in [6, 6.07) is 13.3. The van der Waals surface area contributed by atoms with Crippen LogP contribution in [0.2, 0.25) is 0 Å². The maximum atomic E-state index is 5.92.